The standard InChI is InChI=1S/C13H15N3OS.ClH/c1-7(14)12(17)15-9-4-5-10-11(6-9)18-13(16-10)8-2-3-8;/h4-8H,2-3,14H2,1H3,(H,15,17);1H/t7-;/m1./s1. The second-order valence-electron chi connectivity index (χ2n) is 4.79. The summed E-state index contributed by atoms with van der Waals surface area (Å²) >= 11 is 1.72. The van der Waals surface area contributed by atoms with Crippen molar-refractivity contribution in [1.29, 1.82) is 0 Å². The zero-order chi connectivity index (χ0) is 12.7. The maximum atomic E-state index is 11.5. The molecule has 0 radical (unpaired) electrons. The van der Waals surface area contributed by atoms with Crippen molar-refractivity contribution < 1.29 is 4.79 Å². The molecule has 1 atom stereocenters. The third-order valence-corrected chi connectivity index (χ3v) is 4.19. The molecule has 1 aliphatic rings. The number of amides is 1. The topological polar surface area (TPSA) is 68.0 Å². The van der Waals surface area contributed by atoms with E-state index in [1.54, 1.807) is 18.3 Å². The van der Waals surface area contributed by atoms with E-state index in [0.29, 0.717) is 5.92 Å². The Morgan fingerprint density at radius 1 is 1.53 bits per heavy atom. The van der Waals surface area contributed by atoms with Gasteiger partial charge in [-0.15, -0.1) is 23.7 Å². The van der Waals surface area contributed by atoms with Crippen LogP contribution >= 0.6 is 23.7 Å². The number of carbonyl (C=O) groups excluding carboxylic acids is 1. The first-order valence-electron chi connectivity index (χ1n) is 6.10. The summed E-state index contributed by atoms with van der Waals surface area (Å²) < 4.78 is 1.12. The number of aromatic nitrogens is 1. The van der Waals surface area contributed by atoms with Crippen LogP contribution < -0.4 is 11.1 Å². The number of hydrogen-bond donors (Lipinski definition) is 2. The van der Waals surface area contributed by atoms with Gasteiger partial charge in [0.1, 0.15) is 0 Å². The minimum absolute atomic E-state index is 0. The first kappa shape index (κ1) is 14.2. The van der Waals surface area contributed by atoms with Gasteiger partial charge in [0.2, 0.25) is 5.91 Å². The maximum absolute atomic E-state index is 11.5. The lowest BCUT2D eigenvalue weighted by atomic mass is 10.2. The summed E-state index contributed by atoms with van der Waals surface area (Å²) in [4.78, 5) is 16.1. The summed E-state index contributed by atoms with van der Waals surface area (Å²) in [5.41, 5.74) is 7.33. The number of fused-ring (bicyclic) bond motifs is 1. The summed E-state index contributed by atoms with van der Waals surface area (Å²) in [7, 11) is 0. The van der Waals surface area contributed by atoms with Crippen LogP contribution in [0.25, 0.3) is 10.2 Å². The Morgan fingerprint density at radius 3 is 2.89 bits per heavy atom. The number of anilines is 1. The van der Waals surface area contributed by atoms with Gasteiger partial charge in [-0.05, 0) is 38.0 Å². The van der Waals surface area contributed by atoms with Gasteiger partial charge in [-0.3, -0.25) is 4.79 Å². The SMILES string of the molecule is C[C@@H](N)C(=O)Nc1ccc2nc(C3CC3)sc2c1.Cl. The van der Waals surface area contributed by atoms with Crippen molar-refractivity contribution in [2.75, 3.05) is 5.32 Å². The van der Waals surface area contributed by atoms with Crippen LogP contribution in [0.4, 0.5) is 5.69 Å². The molecule has 0 aliphatic heterocycles. The fourth-order valence-electron chi connectivity index (χ4n) is 1.78. The molecule has 0 unspecified atom stereocenters. The van der Waals surface area contributed by atoms with Crippen LogP contribution in [-0.4, -0.2) is 16.9 Å². The lowest BCUT2D eigenvalue weighted by molar-refractivity contribution is -0.117. The van der Waals surface area contributed by atoms with Crippen LogP contribution in [0.3, 0.4) is 0 Å². The normalized spacial score (nSPS) is 15.9. The van der Waals surface area contributed by atoms with Gasteiger partial charge in [0.05, 0.1) is 21.3 Å². The highest BCUT2D eigenvalue weighted by Crippen LogP contribution is 2.43. The Balaban J connectivity index is 0.00000133. The third kappa shape index (κ3) is 3.05. The molecular formula is C13H16ClN3OS. The van der Waals surface area contributed by atoms with Crippen molar-refractivity contribution in [1.82, 2.24) is 4.98 Å². The molecule has 1 aliphatic carbocycles. The minimum Gasteiger partial charge on any atom is -0.325 e. The van der Waals surface area contributed by atoms with Crippen molar-refractivity contribution in [2.45, 2.75) is 31.7 Å². The highest BCUT2D eigenvalue weighted by atomic mass is 35.5. The Kier molecular flexibility index (Phi) is 4.08. The quantitative estimate of drug-likeness (QED) is 0.915. The van der Waals surface area contributed by atoms with E-state index in [4.69, 9.17) is 5.73 Å². The first-order chi connectivity index (χ1) is 8.63. The zero-order valence-corrected chi connectivity index (χ0v) is 12.2. The summed E-state index contributed by atoms with van der Waals surface area (Å²) in [5.74, 6) is 0.505. The number of benzene rings is 1. The predicted molar refractivity (Wildman–Crippen MR) is 81.1 cm³/mol. The molecule has 3 rings (SSSR count). The molecule has 6 heteroatoms. The molecule has 1 aromatic heterocycles. The van der Waals surface area contributed by atoms with Gasteiger partial charge < -0.3 is 11.1 Å². The number of carbonyl (C=O) groups is 1. The molecule has 2 aromatic rings. The monoisotopic (exact) mass is 297 g/mol. The van der Waals surface area contributed by atoms with E-state index in [1.807, 2.05) is 18.2 Å². The fourth-order valence-corrected chi connectivity index (χ4v) is 2.96. The van der Waals surface area contributed by atoms with Crippen molar-refractivity contribution in [3.63, 3.8) is 0 Å². The Morgan fingerprint density at radius 2 is 2.26 bits per heavy atom. The highest BCUT2D eigenvalue weighted by Gasteiger charge is 2.26. The van der Waals surface area contributed by atoms with Crippen molar-refractivity contribution in [3.05, 3.63) is 23.2 Å². The lowest BCUT2D eigenvalue weighted by Gasteiger charge is -2.07. The molecule has 1 amide bonds. The smallest absolute Gasteiger partial charge is 0.240 e. The number of nitrogens with one attached hydrogen (secondary N) is 1. The predicted octanol–water partition coefficient (Wildman–Crippen LogP) is 2.88. The van der Waals surface area contributed by atoms with Gasteiger partial charge in [-0.2, -0.15) is 0 Å². The Hall–Kier alpha value is -1.17. The van der Waals surface area contributed by atoms with E-state index in [-0.39, 0.29) is 18.3 Å². The van der Waals surface area contributed by atoms with Crippen molar-refractivity contribution in [3.8, 4) is 0 Å². The Bertz CT molecular complexity index is 607. The number of nitrogens with zero attached hydrogens (tertiary/aromatic N) is 1. The summed E-state index contributed by atoms with van der Waals surface area (Å²) in [6.07, 6.45) is 2.52. The van der Waals surface area contributed by atoms with Crippen LogP contribution in [-0.2, 0) is 4.79 Å². The minimum atomic E-state index is -0.496. The number of thiazole rings is 1. The lowest BCUT2D eigenvalue weighted by Crippen LogP contribution is -2.32. The van der Waals surface area contributed by atoms with E-state index >= 15 is 0 Å². The van der Waals surface area contributed by atoms with Crippen LogP contribution in [0, 0.1) is 0 Å². The molecule has 4 nitrogen and oxygen atoms in total. The van der Waals surface area contributed by atoms with E-state index in [2.05, 4.69) is 10.3 Å². The van der Waals surface area contributed by atoms with E-state index in [1.165, 1.54) is 17.8 Å². The van der Waals surface area contributed by atoms with Gasteiger partial charge in [0.25, 0.3) is 0 Å². The molecule has 0 saturated heterocycles. The highest BCUT2D eigenvalue weighted by molar-refractivity contribution is 7.18. The summed E-state index contributed by atoms with van der Waals surface area (Å²) in [5, 5.41) is 4.03. The zero-order valence-electron chi connectivity index (χ0n) is 10.6. The van der Waals surface area contributed by atoms with Gasteiger partial charge in [-0.25, -0.2) is 4.98 Å². The molecule has 1 aromatic carbocycles. The fraction of sp³-hybridized carbons (Fsp3) is 0.385. The molecule has 19 heavy (non-hydrogen) atoms. The molecule has 0 bridgehead atoms. The van der Waals surface area contributed by atoms with E-state index in [0.717, 1.165) is 15.9 Å². The van der Waals surface area contributed by atoms with Gasteiger partial charge in [0, 0.05) is 11.6 Å². The van der Waals surface area contributed by atoms with Crippen LogP contribution in [0.2, 0.25) is 0 Å². The molecule has 1 fully saturated rings. The second-order valence-corrected chi connectivity index (χ2v) is 5.85. The van der Waals surface area contributed by atoms with Gasteiger partial charge in [0.15, 0.2) is 0 Å². The van der Waals surface area contributed by atoms with Crippen molar-refractivity contribution >= 4 is 45.6 Å². The van der Waals surface area contributed by atoms with Gasteiger partial charge >= 0.3 is 0 Å². The number of rotatable bonds is 3. The van der Waals surface area contributed by atoms with Crippen LogP contribution in [0.15, 0.2) is 18.2 Å². The molecule has 102 valence electrons. The number of hydrogen-bond acceptors (Lipinski definition) is 4. The van der Waals surface area contributed by atoms with Gasteiger partial charge in [-0.1, -0.05) is 0 Å². The molecular weight excluding hydrogens is 282 g/mol. The summed E-state index contributed by atoms with van der Waals surface area (Å²) in [6.45, 7) is 1.67. The second kappa shape index (κ2) is 5.45. The molecule has 3 N–H and O–H groups in total. The van der Waals surface area contributed by atoms with Crippen molar-refractivity contribution in [2.24, 2.45) is 5.73 Å². The van der Waals surface area contributed by atoms with E-state index < -0.39 is 6.04 Å². The largest absolute Gasteiger partial charge is 0.325 e. The summed E-state index contributed by atoms with van der Waals surface area (Å²) in [6, 6.07) is 5.30. The third-order valence-electron chi connectivity index (χ3n) is 3.01. The van der Waals surface area contributed by atoms with Crippen LogP contribution in [0.1, 0.15) is 30.7 Å². The first-order valence-corrected chi connectivity index (χ1v) is 6.92. The average Bonchev–Trinajstić information content (AvgIpc) is 3.09. The van der Waals surface area contributed by atoms with Crippen LogP contribution in [0.5, 0.6) is 0 Å². The number of halogens is 1. The molecule has 1 saturated carbocycles. The number of nitrogens with two attached hydrogens (primary N) is 1. The average molecular weight is 298 g/mol. The molecule has 0 spiro atoms. The maximum Gasteiger partial charge on any atom is 0.240 e. The molecule has 1 heterocycles. The Labute approximate surface area is 121 Å². The van der Waals surface area contributed by atoms with E-state index in [9.17, 15) is 4.79 Å².